The lowest BCUT2D eigenvalue weighted by Gasteiger charge is -2.14. The Balaban J connectivity index is 1.94. The fourth-order valence-electron chi connectivity index (χ4n) is 1.59. The van der Waals surface area contributed by atoms with Gasteiger partial charge in [-0.3, -0.25) is 0 Å². The van der Waals surface area contributed by atoms with Crippen LogP contribution in [0.4, 0.5) is 0 Å². The Morgan fingerprint density at radius 1 is 1.38 bits per heavy atom. The molecule has 1 unspecified atom stereocenters. The monoisotopic (exact) mass is 223 g/mol. The van der Waals surface area contributed by atoms with E-state index in [9.17, 15) is 0 Å². The van der Waals surface area contributed by atoms with Gasteiger partial charge in [0.1, 0.15) is 5.75 Å². The van der Waals surface area contributed by atoms with Crippen molar-refractivity contribution in [2.24, 2.45) is 0 Å². The summed E-state index contributed by atoms with van der Waals surface area (Å²) in [6.45, 7) is 3.31. The lowest BCUT2D eigenvalue weighted by Crippen LogP contribution is -2.19. The highest BCUT2D eigenvalue weighted by Crippen LogP contribution is 2.35. The number of fused-ring (bicyclic) bond motifs is 1. The van der Waals surface area contributed by atoms with Crippen molar-refractivity contribution in [2.75, 3.05) is 20.4 Å². The Hall–Kier alpha value is -1.42. The second kappa shape index (κ2) is 5.07. The first-order valence-electron chi connectivity index (χ1n) is 5.50. The molecule has 4 heteroatoms. The fourth-order valence-corrected chi connectivity index (χ4v) is 1.59. The second-order valence-corrected chi connectivity index (χ2v) is 3.84. The zero-order valence-corrected chi connectivity index (χ0v) is 9.66. The van der Waals surface area contributed by atoms with Crippen molar-refractivity contribution in [3.63, 3.8) is 0 Å². The van der Waals surface area contributed by atoms with Crippen LogP contribution < -0.4 is 19.5 Å². The summed E-state index contributed by atoms with van der Waals surface area (Å²) in [4.78, 5) is 0. The van der Waals surface area contributed by atoms with Gasteiger partial charge in [0.15, 0.2) is 11.5 Å². The van der Waals surface area contributed by atoms with Crippen molar-refractivity contribution in [3.05, 3.63) is 18.2 Å². The van der Waals surface area contributed by atoms with Gasteiger partial charge in [-0.15, -0.1) is 0 Å². The van der Waals surface area contributed by atoms with Gasteiger partial charge < -0.3 is 19.5 Å². The average molecular weight is 223 g/mol. The molecule has 1 aromatic rings. The molecule has 1 aromatic carbocycles. The number of ether oxygens (including phenoxy) is 3. The molecule has 1 aliphatic rings. The molecular weight excluding hydrogens is 206 g/mol. The quantitative estimate of drug-likeness (QED) is 0.826. The van der Waals surface area contributed by atoms with Crippen molar-refractivity contribution in [2.45, 2.75) is 19.4 Å². The Labute approximate surface area is 95.5 Å². The Kier molecular flexibility index (Phi) is 3.51. The van der Waals surface area contributed by atoms with Crippen LogP contribution in [0.3, 0.4) is 0 Å². The van der Waals surface area contributed by atoms with Gasteiger partial charge in [0.05, 0.1) is 6.10 Å². The zero-order chi connectivity index (χ0) is 11.4. The summed E-state index contributed by atoms with van der Waals surface area (Å²) >= 11 is 0. The molecule has 0 spiro atoms. The summed E-state index contributed by atoms with van der Waals surface area (Å²) in [6, 6.07) is 5.66. The van der Waals surface area contributed by atoms with Gasteiger partial charge in [0.2, 0.25) is 6.79 Å². The van der Waals surface area contributed by atoms with Crippen molar-refractivity contribution in [1.29, 1.82) is 0 Å². The lowest BCUT2D eigenvalue weighted by atomic mass is 10.2. The van der Waals surface area contributed by atoms with Gasteiger partial charge in [-0.1, -0.05) is 0 Å². The van der Waals surface area contributed by atoms with Gasteiger partial charge >= 0.3 is 0 Å². The van der Waals surface area contributed by atoms with Crippen molar-refractivity contribution in [1.82, 2.24) is 5.32 Å². The minimum Gasteiger partial charge on any atom is -0.491 e. The number of benzene rings is 1. The minimum absolute atomic E-state index is 0.188. The maximum absolute atomic E-state index is 5.77. The molecule has 0 saturated heterocycles. The molecule has 1 N–H and O–H groups in total. The number of hydrogen-bond acceptors (Lipinski definition) is 4. The van der Waals surface area contributed by atoms with Crippen LogP contribution in [-0.4, -0.2) is 26.5 Å². The van der Waals surface area contributed by atoms with Crippen molar-refractivity contribution >= 4 is 0 Å². The molecule has 0 aliphatic carbocycles. The van der Waals surface area contributed by atoms with E-state index in [2.05, 4.69) is 12.2 Å². The largest absolute Gasteiger partial charge is 0.491 e. The number of rotatable bonds is 5. The van der Waals surface area contributed by atoms with E-state index >= 15 is 0 Å². The maximum Gasteiger partial charge on any atom is 0.231 e. The number of nitrogens with one attached hydrogen (secondary N) is 1. The molecule has 4 nitrogen and oxygen atoms in total. The van der Waals surface area contributed by atoms with Crippen LogP contribution in [0.2, 0.25) is 0 Å². The molecule has 0 fully saturated rings. The highest BCUT2D eigenvalue weighted by atomic mass is 16.7. The molecule has 16 heavy (non-hydrogen) atoms. The van der Waals surface area contributed by atoms with Crippen LogP contribution in [0.15, 0.2) is 18.2 Å². The van der Waals surface area contributed by atoms with Crippen LogP contribution in [0.25, 0.3) is 0 Å². The van der Waals surface area contributed by atoms with E-state index in [1.165, 1.54) is 0 Å². The Morgan fingerprint density at radius 3 is 3.00 bits per heavy atom. The first-order valence-corrected chi connectivity index (χ1v) is 5.50. The first-order chi connectivity index (χ1) is 7.79. The van der Waals surface area contributed by atoms with E-state index in [1.54, 1.807) is 0 Å². The molecule has 0 aromatic heterocycles. The molecule has 0 saturated carbocycles. The average Bonchev–Trinajstić information content (AvgIpc) is 2.73. The molecule has 1 aliphatic heterocycles. The van der Waals surface area contributed by atoms with E-state index in [0.29, 0.717) is 6.79 Å². The Morgan fingerprint density at radius 2 is 2.19 bits per heavy atom. The summed E-state index contributed by atoms with van der Waals surface area (Å²) in [5.41, 5.74) is 0. The lowest BCUT2D eigenvalue weighted by molar-refractivity contribution is 0.173. The third-order valence-corrected chi connectivity index (χ3v) is 2.48. The van der Waals surface area contributed by atoms with Crippen LogP contribution >= 0.6 is 0 Å². The summed E-state index contributed by atoms with van der Waals surface area (Å²) < 4.78 is 16.3. The van der Waals surface area contributed by atoms with Gasteiger partial charge in [0.25, 0.3) is 0 Å². The van der Waals surface area contributed by atoms with Crippen LogP contribution in [0, 0.1) is 0 Å². The van der Waals surface area contributed by atoms with E-state index in [-0.39, 0.29) is 6.10 Å². The molecule has 2 rings (SSSR count). The normalized spacial score (nSPS) is 14.9. The van der Waals surface area contributed by atoms with Gasteiger partial charge in [-0.05, 0) is 39.1 Å². The van der Waals surface area contributed by atoms with Gasteiger partial charge in [-0.2, -0.15) is 0 Å². The summed E-state index contributed by atoms with van der Waals surface area (Å²) in [6.07, 6.45) is 1.16. The van der Waals surface area contributed by atoms with Crippen molar-refractivity contribution < 1.29 is 14.2 Å². The second-order valence-electron chi connectivity index (χ2n) is 3.84. The van der Waals surface area contributed by atoms with E-state index in [4.69, 9.17) is 14.2 Å². The summed E-state index contributed by atoms with van der Waals surface area (Å²) in [5.74, 6) is 2.38. The summed E-state index contributed by atoms with van der Waals surface area (Å²) in [5, 5.41) is 3.10. The maximum atomic E-state index is 5.77. The van der Waals surface area contributed by atoms with Crippen LogP contribution in [0.1, 0.15) is 13.3 Å². The van der Waals surface area contributed by atoms with E-state index < -0.39 is 0 Å². The zero-order valence-electron chi connectivity index (χ0n) is 9.66. The SMILES string of the molecule is CNCCC(C)Oc1ccc2c(c1)OCO2. The van der Waals surface area contributed by atoms with Crippen LogP contribution in [0.5, 0.6) is 17.2 Å². The minimum atomic E-state index is 0.188. The first kappa shape index (κ1) is 11.1. The number of hydrogen-bond donors (Lipinski definition) is 1. The molecule has 1 heterocycles. The molecule has 1 atom stereocenters. The Bertz CT molecular complexity index is 354. The molecular formula is C12H17NO3. The highest BCUT2D eigenvalue weighted by Gasteiger charge is 2.14. The highest BCUT2D eigenvalue weighted by molar-refractivity contribution is 5.46. The van der Waals surface area contributed by atoms with E-state index in [0.717, 1.165) is 30.2 Å². The standard InChI is InChI=1S/C12H17NO3/c1-9(5-6-13-2)16-10-3-4-11-12(7-10)15-8-14-11/h3-4,7,9,13H,5-6,8H2,1-2H3. The fraction of sp³-hybridized carbons (Fsp3) is 0.500. The molecule has 0 bridgehead atoms. The van der Waals surface area contributed by atoms with Gasteiger partial charge in [-0.25, -0.2) is 0 Å². The summed E-state index contributed by atoms with van der Waals surface area (Å²) in [7, 11) is 1.94. The molecule has 88 valence electrons. The van der Waals surface area contributed by atoms with Gasteiger partial charge in [0, 0.05) is 6.07 Å². The smallest absolute Gasteiger partial charge is 0.231 e. The van der Waals surface area contributed by atoms with E-state index in [1.807, 2.05) is 25.2 Å². The predicted molar refractivity (Wildman–Crippen MR) is 61.2 cm³/mol. The third-order valence-electron chi connectivity index (χ3n) is 2.48. The predicted octanol–water partition coefficient (Wildman–Crippen LogP) is 1.79. The molecule has 0 radical (unpaired) electrons. The molecule has 0 amide bonds. The third kappa shape index (κ3) is 2.58. The van der Waals surface area contributed by atoms with Crippen molar-refractivity contribution in [3.8, 4) is 17.2 Å². The topological polar surface area (TPSA) is 39.7 Å². The van der Waals surface area contributed by atoms with Crippen LogP contribution in [-0.2, 0) is 0 Å².